The Hall–Kier alpha value is -4.93. The Morgan fingerprint density at radius 2 is 1.48 bits per heavy atom. The van der Waals surface area contributed by atoms with Crippen LogP contribution in [0.3, 0.4) is 0 Å². The highest BCUT2D eigenvalue weighted by Gasteiger charge is 2.46. The van der Waals surface area contributed by atoms with E-state index < -0.39 is 0 Å². The maximum Gasteiger partial charge on any atom is 0.313 e. The van der Waals surface area contributed by atoms with Gasteiger partial charge >= 0.3 is 5.97 Å². The molecule has 50 heavy (non-hydrogen) atoms. The third-order valence-corrected chi connectivity index (χ3v) is 10.2. The molecule has 5 atom stereocenters. The van der Waals surface area contributed by atoms with E-state index in [1.807, 2.05) is 6.92 Å². The summed E-state index contributed by atoms with van der Waals surface area (Å²) in [4.78, 5) is 13.1. The van der Waals surface area contributed by atoms with Gasteiger partial charge in [0.1, 0.15) is 6.61 Å². The molecule has 4 nitrogen and oxygen atoms in total. The molecule has 0 bridgehead atoms. The molecule has 0 aromatic heterocycles. The number of ether oxygens (including phenoxy) is 1. The van der Waals surface area contributed by atoms with Crippen LogP contribution in [0.5, 0.6) is 0 Å². The summed E-state index contributed by atoms with van der Waals surface area (Å²) in [5.74, 6) is 0.144. The number of hydrazine groups is 1. The fraction of sp³-hybridized carbons (Fsp3) is 0.283. The maximum absolute atomic E-state index is 13.1. The topological polar surface area (TPSA) is 32.6 Å². The summed E-state index contributed by atoms with van der Waals surface area (Å²) in [5, 5.41) is 5.00. The second-order valence-corrected chi connectivity index (χ2v) is 14.8. The van der Waals surface area contributed by atoms with Gasteiger partial charge < -0.3 is 4.74 Å². The van der Waals surface area contributed by atoms with Gasteiger partial charge in [0, 0.05) is 12.0 Å². The monoisotopic (exact) mass is 660 g/mol. The first-order valence-corrected chi connectivity index (χ1v) is 18.1. The smallest absolute Gasteiger partial charge is 0.313 e. The SMILES string of the molecule is CC(C)Cc1ccc(C(C)C(=O)OCC2(C)C=CC(C3CN3N3C(c4ccccc4)=CC(c4ccccc4)=CC3c3ccccc3)=CC2)cc1. The van der Waals surface area contributed by atoms with Gasteiger partial charge in [-0.2, -0.15) is 0 Å². The number of carbonyl (C=O) groups excluding carboxylic acids is 1. The van der Waals surface area contributed by atoms with E-state index in [0.29, 0.717) is 12.5 Å². The fourth-order valence-corrected chi connectivity index (χ4v) is 7.17. The lowest BCUT2D eigenvalue weighted by atomic mass is 9.82. The summed E-state index contributed by atoms with van der Waals surface area (Å²) in [6.07, 6.45) is 13.5. The van der Waals surface area contributed by atoms with Crippen molar-refractivity contribution < 1.29 is 9.53 Å². The van der Waals surface area contributed by atoms with Gasteiger partial charge in [-0.15, -0.1) is 0 Å². The lowest BCUT2D eigenvalue weighted by Crippen LogP contribution is -2.35. The van der Waals surface area contributed by atoms with Crippen LogP contribution in [0.1, 0.15) is 73.9 Å². The normalized spacial score (nSPS) is 23.5. The van der Waals surface area contributed by atoms with Crippen LogP contribution >= 0.6 is 0 Å². The molecule has 1 saturated heterocycles. The van der Waals surface area contributed by atoms with Gasteiger partial charge in [-0.25, -0.2) is 5.01 Å². The molecule has 0 radical (unpaired) electrons. The van der Waals surface area contributed by atoms with Crippen molar-refractivity contribution in [1.29, 1.82) is 0 Å². The van der Waals surface area contributed by atoms with Crippen LogP contribution in [0.4, 0.5) is 0 Å². The highest BCUT2D eigenvalue weighted by Crippen LogP contribution is 2.46. The molecule has 254 valence electrons. The fourth-order valence-electron chi connectivity index (χ4n) is 7.17. The average molecular weight is 661 g/mol. The lowest BCUT2D eigenvalue weighted by molar-refractivity contribution is -0.147. The minimum absolute atomic E-state index is 0.0443. The first-order valence-electron chi connectivity index (χ1n) is 18.1. The molecule has 1 fully saturated rings. The van der Waals surface area contributed by atoms with Crippen molar-refractivity contribution in [3.8, 4) is 0 Å². The lowest BCUT2D eigenvalue weighted by Gasteiger charge is -2.39. The maximum atomic E-state index is 13.1. The zero-order chi connectivity index (χ0) is 34.7. The minimum atomic E-state index is -0.296. The molecule has 0 spiro atoms. The van der Waals surface area contributed by atoms with E-state index in [4.69, 9.17) is 4.74 Å². The van der Waals surface area contributed by atoms with Crippen molar-refractivity contribution in [2.24, 2.45) is 11.3 Å². The van der Waals surface area contributed by atoms with Crippen molar-refractivity contribution in [2.75, 3.05) is 13.2 Å². The van der Waals surface area contributed by atoms with Crippen LogP contribution in [-0.2, 0) is 16.0 Å². The zero-order valence-corrected chi connectivity index (χ0v) is 29.7. The number of benzene rings is 4. The number of hydrogen-bond acceptors (Lipinski definition) is 4. The van der Waals surface area contributed by atoms with Crippen LogP contribution in [0.2, 0.25) is 0 Å². The third kappa shape index (κ3) is 7.46. The van der Waals surface area contributed by atoms with Crippen LogP contribution in [0.15, 0.2) is 151 Å². The molecule has 4 aromatic rings. The second kappa shape index (κ2) is 14.5. The van der Waals surface area contributed by atoms with E-state index in [-0.39, 0.29) is 29.4 Å². The molecule has 2 aliphatic heterocycles. The Morgan fingerprint density at radius 3 is 2.10 bits per heavy atom. The molecular weight excluding hydrogens is 613 g/mol. The van der Waals surface area contributed by atoms with Gasteiger partial charge in [0.05, 0.1) is 23.7 Å². The number of nitrogens with zero attached hydrogens (tertiary/aromatic N) is 2. The summed E-state index contributed by atoms with van der Waals surface area (Å²) in [5.41, 5.74) is 9.50. The average Bonchev–Trinajstić information content (AvgIpc) is 3.95. The van der Waals surface area contributed by atoms with E-state index in [1.165, 1.54) is 39.1 Å². The first kappa shape index (κ1) is 33.6. The summed E-state index contributed by atoms with van der Waals surface area (Å²) in [6.45, 7) is 9.88. The van der Waals surface area contributed by atoms with Crippen LogP contribution in [0, 0.1) is 11.3 Å². The van der Waals surface area contributed by atoms with Gasteiger partial charge in [0.25, 0.3) is 0 Å². The van der Waals surface area contributed by atoms with Crippen molar-refractivity contribution in [2.45, 2.75) is 58.5 Å². The van der Waals surface area contributed by atoms with Gasteiger partial charge in [-0.1, -0.05) is 154 Å². The summed E-state index contributed by atoms with van der Waals surface area (Å²) < 4.78 is 5.94. The molecule has 2 heterocycles. The molecule has 7 rings (SSSR count). The summed E-state index contributed by atoms with van der Waals surface area (Å²) in [6, 6.07) is 41.0. The molecule has 0 N–H and O–H groups in total. The summed E-state index contributed by atoms with van der Waals surface area (Å²) >= 11 is 0. The second-order valence-electron chi connectivity index (χ2n) is 14.8. The van der Waals surface area contributed by atoms with E-state index in [1.54, 1.807) is 0 Å². The van der Waals surface area contributed by atoms with E-state index in [9.17, 15) is 4.79 Å². The zero-order valence-electron chi connectivity index (χ0n) is 29.7. The Labute approximate surface area is 298 Å². The highest BCUT2D eigenvalue weighted by atomic mass is 16.5. The third-order valence-electron chi connectivity index (χ3n) is 10.2. The Kier molecular flexibility index (Phi) is 9.74. The first-order chi connectivity index (χ1) is 24.3. The number of rotatable bonds is 11. The molecule has 0 saturated carbocycles. The van der Waals surface area contributed by atoms with E-state index >= 15 is 0 Å². The van der Waals surface area contributed by atoms with Crippen molar-refractivity contribution >= 4 is 17.2 Å². The number of carbonyl (C=O) groups is 1. The van der Waals surface area contributed by atoms with Gasteiger partial charge in [0.15, 0.2) is 0 Å². The molecule has 4 aromatic carbocycles. The van der Waals surface area contributed by atoms with Crippen molar-refractivity contribution in [3.05, 3.63) is 179 Å². The molecule has 1 aliphatic carbocycles. The Balaban J connectivity index is 1.06. The van der Waals surface area contributed by atoms with E-state index in [0.717, 1.165) is 24.9 Å². The van der Waals surface area contributed by atoms with Crippen molar-refractivity contribution in [1.82, 2.24) is 10.0 Å². The molecular formula is C46H48N2O2. The number of allylic oxidation sites excluding steroid dienone is 3. The largest absolute Gasteiger partial charge is 0.464 e. The van der Waals surface area contributed by atoms with Gasteiger partial charge in [-0.05, 0) is 76.8 Å². The molecule has 4 heteroatoms. The van der Waals surface area contributed by atoms with Gasteiger partial charge in [0.2, 0.25) is 0 Å². The summed E-state index contributed by atoms with van der Waals surface area (Å²) in [7, 11) is 0. The Bertz CT molecular complexity index is 1910. The standard InChI is InChI=1S/C46H48N2O2/c1-33(2)28-35-20-22-36(23-21-35)34(3)45(49)50-32-46(4)26-24-40(25-27-46)44-31-47(44)48-42(38-16-10-6-11-17-38)29-41(37-14-8-5-9-15-37)30-43(48)39-18-12-7-13-19-39/h5-26,29-30,33-34,42,44H,27-28,31-32H2,1-4H3. The van der Waals surface area contributed by atoms with Crippen LogP contribution in [0.25, 0.3) is 11.3 Å². The predicted octanol–water partition coefficient (Wildman–Crippen LogP) is 10.2. The van der Waals surface area contributed by atoms with Crippen LogP contribution < -0.4 is 0 Å². The van der Waals surface area contributed by atoms with Gasteiger partial charge in [-0.3, -0.25) is 9.80 Å². The highest BCUT2D eigenvalue weighted by molar-refractivity contribution is 5.86. The Morgan fingerprint density at radius 1 is 0.840 bits per heavy atom. The molecule has 3 aliphatic rings. The van der Waals surface area contributed by atoms with Crippen LogP contribution in [-0.4, -0.2) is 35.2 Å². The number of esters is 1. The molecule has 5 unspecified atom stereocenters. The van der Waals surface area contributed by atoms with E-state index in [2.05, 4.69) is 176 Å². The van der Waals surface area contributed by atoms with Crippen molar-refractivity contribution in [3.63, 3.8) is 0 Å². The minimum Gasteiger partial charge on any atom is -0.464 e. The molecule has 0 amide bonds. The quantitative estimate of drug-likeness (QED) is 0.118. The number of hydrogen-bond donors (Lipinski definition) is 0. The predicted molar refractivity (Wildman–Crippen MR) is 205 cm³/mol.